The zero-order valence-corrected chi connectivity index (χ0v) is 17.3. The number of pyridine rings is 1. The molecule has 0 aliphatic carbocycles. The molecular weight excluding hydrogens is 383 g/mol. The Morgan fingerprint density at radius 1 is 1.32 bits per heavy atom. The molecule has 0 radical (unpaired) electrons. The number of carbonyl (C=O) groups is 1. The van der Waals surface area contributed by atoms with E-state index in [0.717, 1.165) is 5.82 Å². The molecular formula is C20H26ClFN4O2. The summed E-state index contributed by atoms with van der Waals surface area (Å²) in [5.74, 6) is 0.616. The molecule has 152 valence electrons. The summed E-state index contributed by atoms with van der Waals surface area (Å²) in [6.07, 6.45) is 2.83. The topological polar surface area (TPSA) is 66.5 Å². The fourth-order valence-electron chi connectivity index (χ4n) is 2.78. The van der Waals surface area contributed by atoms with Crippen molar-refractivity contribution in [3.8, 4) is 11.5 Å². The molecule has 1 amide bonds. The van der Waals surface area contributed by atoms with Crippen molar-refractivity contribution in [3.63, 3.8) is 0 Å². The number of nitrogens with one attached hydrogen (secondary N) is 2. The standard InChI is InChI=1S/C20H26ClFN4O2/c1-5-17(25-13(2)10-23-12-27)15-7-8-16(21)20(19(15)22)28-14-6-9-18(24-11-14)26(3)4/h6-9,11-13,17,25H,5,10H2,1-4H3,(H,23,27)/t13-,17-/m1/s1. The van der Waals surface area contributed by atoms with Crippen molar-refractivity contribution in [1.29, 1.82) is 0 Å². The van der Waals surface area contributed by atoms with Crippen LogP contribution in [0.15, 0.2) is 30.5 Å². The van der Waals surface area contributed by atoms with E-state index in [9.17, 15) is 4.79 Å². The van der Waals surface area contributed by atoms with Gasteiger partial charge in [-0.1, -0.05) is 24.6 Å². The SMILES string of the molecule is CC[C@@H](N[C@H](C)CNC=O)c1ccc(Cl)c(Oc2ccc(N(C)C)nc2)c1F. The van der Waals surface area contributed by atoms with E-state index in [-0.39, 0.29) is 22.9 Å². The smallest absolute Gasteiger partial charge is 0.207 e. The molecule has 0 unspecified atom stereocenters. The lowest BCUT2D eigenvalue weighted by atomic mass is 10.0. The molecule has 6 nitrogen and oxygen atoms in total. The summed E-state index contributed by atoms with van der Waals surface area (Å²) in [7, 11) is 3.76. The number of halogens is 2. The summed E-state index contributed by atoms with van der Waals surface area (Å²) >= 11 is 6.19. The highest BCUT2D eigenvalue weighted by Crippen LogP contribution is 2.36. The lowest BCUT2D eigenvalue weighted by molar-refractivity contribution is -0.109. The van der Waals surface area contributed by atoms with E-state index in [2.05, 4.69) is 15.6 Å². The van der Waals surface area contributed by atoms with Gasteiger partial charge in [0.15, 0.2) is 11.6 Å². The van der Waals surface area contributed by atoms with Crippen LogP contribution in [-0.2, 0) is 4.79 Å². The van der Waals surface area contributed by atoms with Crippen molar-refractivity contribution in [2.45, 2.75) is 32.4 Å². The monoisotopic (exact) mass is 408 g/mol. The molecule has 0 fully saturated rings. The van der Waals surface area contributed by atoms with Gasteiger partial charge in [0.25, 0.3) is 0 Å². The van der Waals surface area contributed by atoms with Gasteiger partial charge >= 0.3 is 0 Å². The van der Waals surface area contributed by atoms with Gasteiger partial charge in [-0.05, 0) is 31.5 Å². The van der Waals surface area contributed by atoms with Crippen LogP contribution in [0.3, 0.4) is 0 Å². The molecule has 2 N–H and O–H groups in total. The van der Waals surface area contributed by atoms with Crippen LogP contribution in [-0.4, -0.2) is 38.1 Å². The van der Waals surface area contributed by atoms with Gasteiger partial charge in [0.1, 0.15) is 11.6 Å². The van der Waals surface area contributed by atoms with E-state index in [4.69, 9.17) is 16.3 Å². The Bertz CT molecular complexity index is 787. The van der Waals surface area contributed by atoms with Crippen molar-refractivity contribution >= 4 is 23.8 Å². The molecule has 0 saturated carbocycles. The predicted molar refractivity (Wildman–Crippen MR) is 110 cm³/mol. The van der Waals surface area contributed by atoms with Gasteiger partial charge < -0.3 is 20.3 Å². The molecule has 0 bridgehead atoms. The molecule has 28 heavy (non-hydrogen) atoms. The first-order chi connectivity index (χ1) is 13.4. The van der Waals surface area contributed by atoms with E-state index in [1.165, 1.54) is 6.20 Å². The third-order valence-corrected chi connectivity index (χ3v) is 4.55. The number of ether oxygens (including phenoxy) is 1. The zero-order chi connectivity index (χ0) is 20.7. The van der Waals surface area contributed by atoms with Crippen molar-refractivity contribution in [1.82, 2.24) is 15.6 Å². The fraction of sp³-hybridized carbons (Fsp3) is 0.400. The number of rotatable bonds is 10. The van der Waals surface area contributed by atoms with E-state index in [0.29, 0.717) is 30.7 Å². The minimum absolute atomic E-state index is 0.0301. The Kier molecular flexibility index (Phi) is 8.02. The van der Waals surface area contributed by atoms with Crippen molar-refractivity contribution in [2.24, 2.45) is 0 Å². The summed E-state index contributed by atoms with van der Waals surface area (Å²) in [4.78, 5) is 16.6. The van der Waals surface area contributed by atoms with Crippen molar-refractivity contribution in [3.05, 3.63) is 46.9 Å². The van der Waals surface area contributed by atoms with E-state index in [1.807, 2.05) is 32.8 Å². The number of hydrogen-bond acceptors (Lipinski definition) is 5. The molecule has 0 aliphatic heterocycles. The summed E-state index contributed by atoms with van der Waals surface area (Å²) in [6.45, 7) is 4.32. The zero-order valence-electron chi connectivity index (χ0n) is 16.5. The van der Waals surface area contributed by atoms with E-state index >= 15 is 4.39 Å². The van der Waals surface area contributed by atoms with Gasteiger partial charge in [-0.3, -0.25) is 4.79 Å². The van der Waals surface area contributed by atoms with Crippen LogP contribution < -0.4 is 20.3 Å². The first kappa shape index (κ1) is 21.9. The minimum atomic E-state index is -0.515. The van der Waals surface area contributed by atoms with Gasteiger partial charge in [0.05, 0.1) is 11.2 Å². The minimum Gasteiger partial charge on any atom is -0.451 e. The van der Waals surface area contributed by atoms with Crippen LogP contribution >= 0.6 is 11.6 Å². The first-order valence-electron chi connectivity index (χ1n) is 9.09. The van der Waals surface area contributed by atoms with Gasteiger partial charge in [0, 0.05) is 38.3 Å². The van der Waals surface area contributed by atoms with E-state index < -0.39 is 5.82 Å². The Hall–Kier alpha value is -2.38. The largest absolute Gasteiger partial charge is 0.451 e. The normalized spacial score (nSPS) is 12.9. The molecule has 0 aliphatic rings. The second-order valence-electron chi connectivity index (χ2n) is 6.68. The molecule has 1 heterocycles. The van der Waals surface area contributed by atoms with Crippen LogP contribution in [0.1, 0.15) is 31.9 Å². The van der Waals surface area contributed by atoms with Crippen LogP contribution in [0.5, 0.6) is 11.5 Å². The maximum absolute atomic E-state index is 15.2. The lowest BCUT2D eigenvalue weighted by Crippen LogP contribution is -2.38. The second kappa shape index (κ2) is 10.2. The van der Waals surface area contributed by atoms with Crippen LogP contribution in [0.2, 0.25) is 5.02 Å². The van der Waals surface area contributed by atoms with Crippen LogP contribution in [0, 0.1) is 5.82 Å². The van der Waals surface area contributed by atoms with Gasteiger partial charge in [-0.15, -0.1) is 0 Å². The average molecular weight is 409 g/mol. The summed E-state index contributed by atoms with van der Waals surface area (Å²) in [5, 5.41) is 6.11. The number of anilines is 1. The highest BCUT2D eigenvalue weighted by atomic mass is 35.5. The Morgan fingerprint density at radius 3 is 2.64 bits per heavy atom. The van der Waals surface area contributed by atoms with Crippen LogP contribution in [0.4, 0.5) is 10.2 Å². The number of benzene rings is 1. The predicted octanol–water partition coefficient (Wildman–Crippen LogP) is 3.91. The Labute approximate surface area is 170 Å². The molecule has 1 aromatic heterocycles. The first-order valence-corrected chi connectivity index (χ1v) is 9.47. The average Bonchev–Trinajstić information content (AvgIpc) is 2.68. The third-order valence-electron chi connectivity index (χ3n) is 4.25. The molecule has 2 rings (SSSR count). The van der Waals surface area contributed by atoms with Gasteiger partial charge in [0.2, 0.25) is 6.41 Å². The van der Waals surface area contributed by atoms with Crippen molar-refractivity contribution < 1.29 is 13.9 Å². The number of hydrogen-bond donors (Lipinski definition) is 2. The third kappa shape index (κ3) is 5.56. The number of amides is 1. The Balaban J connectivity index is 2.25. The highest BCUT2D eigenvalue weighted by Gasteiger charge is 2.22. The van der Waals surface area contributed by atoms with E-state index in [1.54, 1.807) is 24.3 Å². The quantitative estimate of drug-likeness (QED) is 0.583. The summed E-state index contributed by atoms with van der Waals surface area (Å²) < 4.78 is 20.9. The summed E-state index contributed by atoms with van der Waals surface area (Å²) in [5.41, 5.74) is 0.456. The van der Waals surface area contributed by atoms with Crippen molar-refractivity contribution in [2.75, 3.05) is 25.5 Å². The molecule has 2 aromatic rings. The molecule has 1 aromatic carbocycles. The maximum Gasteiger partial charge on any atom is 0.207 e. The molecule has 0 saturated heterocycles. The Morgan fingerprint density at radius 2 is 2.07 bits per heavy atom. The fourth-order valence-corrected chi connectivity index (χ4v) is 2.96. The van der Waals surface area contributed by atoms with Crippen LogP contribution in [0.25, 0.3) is 0 Å². The number of carbonyl (C=O) groups excluding carboxylic acids is 1. The maximum atomic E-state index is 15.2. The summed E-state index contributed by atoms with van der Waals surface area (Å²) in [6, 6.07) is 6.49. The van der Waals surface area contributed by atoms with Gasteiger partial charge in [-0.2, -0.15) is 0 Å². The lowest BCUT2D eigenvalue weighted by Gasteiger charge is -2.24. The number of nitrogens with zero attached hydrogens (tertiary/aromatic N) is 2. The molecule has 8 heteroatoms. The molecule has 2 atom stereocenters. The van der Waals surface area contributed by atoms with Gasteiger partial charge in [-0.25, -0.2) is 9.37 Å². The number of aromatic nitrogens is 1. The highest BCUT2D eigenvalue weighted by molar-refractivity contribution is 6.32. The second-order valence-corrected chi connectivity index (χ2v) is 7.09. The molecule has 0 spiro atoms.